The summed E-state index contributed by atoms with van der Waals surface area (Å²) in [7, 11) is 1.44. The van der Waals surface area contributed by atoms with E-state index in [2.05, 4.69) is 17.4 Å². The Morgan fingerprint density at radius 1 is 1.59 bits per heavy atom. The molecule has 3 nitrogen and oxygen atoms in total. The molecule has 1 N–H and O–H groups in total. The van der Waals surface area contributed by atoms with E-state index in [0.29, 0.717) is 0 Å². The average Bonchev–Trinajstić information content (AvgIpc) is 2.39. The summed E-state index contributed by atoms with van der Waals surface area (Å²) in [5.74, 6) is 0.788. The molecule has 0 spiro atoms. The number of benzene rings is 1. The van der Waals surface area contributed by atoms with E-state index in [-0.39, 0.29) is 11.9 Å². The molecule has 1 aliphatic heterocycles. The van der Waals surface area contributed by atoms with Gasteiger partial charge in [0.05, 0.1) is 13.0 Å². The molecule has 0 aromatic heterocycles. The van der Waals surface area contributed by atoms with Gasteiger partial charge in [-0.1, -0.05) is 13.0 Å². The smallest absolute Gasteiger partial charge is 0.313 e. The lowest BCUT2D eigenvalue weighted by atomic mass is 9.96. The molecule has 0 fully saturated rings. The van der Waals surface area contributed by atoms with Crippen LogP contribution in [0.3, 0.4) is 0 Å². The number of fused-ring (bicyclic) bond motifs is 1. The van der Waals surface area contributed by atoms with E-state index in [9.17, 15) is 4.79 Å². The van der Waals surface area contributed by atoms with E-state index in [0.717, 1.165) is 30.0 Å². The summed E-state index contributed by atoms with van der Waals surface area (Å²) in [6, 6.07) is 6.20. The Bertz CT molecular complexity index is 420. The van der Waals surface area contributed by atoms with Gasteiger partial charge in [-0.15, -0.1) is 11.8 Å². The molecule has 92 valence electrons. The van der Waals surface area contributed by atoms with E-state index < -0.39 is 0 Å². The van der Waals surface area contributed by atoms with Crippen molar-refractivity contribution in [3.63, 3.8) is 0 Å². The predicted molar refractivity (Wildman–Crippen MR) is 70.7 cm³/mol. The summed E-state index contributed by atoms with van der Waals surface area (Å²) in [6.07, 6.45) is 0.763. The van der Waals surface area contributed by atoms with Crippen LogP contribution in [-0.4, -0.2) is 25.4 Å². The van der Waals surface area contributed by atoms with Crippen molar-refractivity contribution in [1.29, 1.82) is 0 Å². The molecule has 0 aliphatic carbocycles. The van der Waals surface area contributed by atoms with Crippen molar-refractivity contribution in [3.05, 3.63) is 23.8 Å². The standard InChI is InChI=1S/C13H17NO2S/c1-3-10(13(15)16-2)9-4-5-12-11(8-9)14-6-7-17-12/h4-5,8,10,14H,3,6-7H2,1-2H3. The highest BCUT2D eigenvalue weighted by atomic mass is 32.2. The molecule has 0 saturated heterocycles. The topological polar surface area (TPSA) is 38.3 Å². The van der Waals surface area contributed by atoms with Crippen LogP contribution in [0.5, 0.6) is 0 Å². The molecule has 2 rings (SSSR count). The number of thioether (sulfide) groups is 1. The third-order valence-corrected chi connectivity index (χ3v) is 4.05. The molecule has 17 heavy (non-hydrogen) atoms. The van der Waals surface area contributed by atoms with Crippen LogP contribution in [-0.2, 0) is 9.53 Å². The molecular weight excluding hydrogens is 234 g/mol. The van der Waals surface area contributed by atoms with Gasteiger partial charge in [-0.3, -0.25) is 4.79 Å². The molecule has 1 atom stereocenters. The Kier molecular flexibility index (Phi) is 3.94. The second-order valence-electron chi connectivity index (χ2n) is 4.01. The first kappa shape index (κ1) is 12.3. The normalized spacial score (nSPS) is 15.6. The highest BCUT2D eigenvalue weighted by Crippen LogP contribution is 2.34. The Hall–Kier alpha value is -1.16. The van der Waals surface area contributed by atoms with Crippen molar-refractivity contribution in [2.75, 3.05) is 24.7 Å². The number of carbonyl (C=O) groups excluding carboxylic acids is 1. The molecule has 0 bridgehead atoms. The van der Waals surface area contributed by atoms with Gasteiger partial charge in [-0.2, -0.15) is 0 Å². The molecule has 1 unspecified atom stereocenters. The monoisotopic (exact) mass is 251 g/mol. The van der Waals surface area contributed by atoms with Gasteiger partial charge in [0, 0.05) is 22.9 Å². The van der Waals surface area contributed by atoms with Crippen LogP contribution >= 0.6 is 11.8 Å². The molecule has 1 heterocycles. The van der Waals surface area contributed by atoms with Crippen molar-refractivity contribution >= 4 is 23.4 Å². The van der Waals surface area contributed by atoms with Gasteiger partial charge in [0.15, 0.2) is 0 Å². The molecule has 0 amide bonds. The van der Waals surface area contributed by atoms with Crippen molar-refractivity contribution < 1.29 is 9.53 Å². The zero-order chi connectivity index (χ0) is 12.3. The minimum Gasteiger partial charge on any atom is -0.469 e. The van der Waals surface area contributed by atoms with E-state index in [1.807, 2.05) is 24.8 Å². The summed E-state index contributed by atoms with van der Waals surface area (Å²) in [6.45, 7) is 2.99. The number of ether oxygens (including phenoxy) is 1. The number of methoxy groups -OCH3 is 1. The number of rotatable bonds is 3. The van der Waals surface area contributed by atoms with Crippen LogP contribution in [0, 0.1) is 0 Å². The molecule has 1 aromatic carbocycles. The van der Waals surface area contributed by atoms with Crippen molar-refractivity contribution in [2.24, 2.45) is 0 Å². The largest absolute Gasteiger partial charge is 0.469 e. The van der Waals surface area contributed by atoms with Crippen LogP contribution in [0.25, 0.3) is 0 Å². The van der Waals surface area contributed by atoms with E-state index in [4.69, 9.17) is 4.74 Å². The molecular formula is C13H17NO2S. The zero-order valence-corrected chi connectivity index (χ0v) is 11.0. The third-order valence-electron chi connectivity index (χ3n) is 2.98. The maximum absolute atomic E-state index is 11.7. The fourth-order valence-electron chi connectivity index (χ4n) is 2.06. The van der Waals surface area contributed by atoms with Crippen LogP contribution in [0.1, 0.15) is 24.8 Å². The summed E-state index contributed by atoms with van der Waals surface area (Å²) < 4.78 is 4.84. The highest BCUT2D eigenvalue weighted by molar-refractivity contribution is 7.99. The SMILES string of the molecule is CCC(C(=O)OC)c1ccc2c(c1)NCCS2. The number of hydrogen-bond acceptors (Lipinski definition) is 4. The molecule has 4 heteroatoms. The number of hydrogen-bond donors (Lipinski definition) is 1. The predicted octanol–water partition coefficient (Wildman–Crippen LogP) is 2.87. The van der Waals surface area contributed by atoms with E-state index in [1.165, 1.54) is 12.0 Å². The first-order valence-electron chi connectivity index (χ1n) is 5.84. The summed E-state index contributed by atoms with van der Waals surface area (Å²) >= 11 is 1.85. The number of carbonyl (C=O) groups is 1. The lowest BCUT2D eigenvalue weighted by molar-refractivity contribution is -0.142. The first-order chi connectivity index (χ1) is 8.26. The Balaban J connectivity index is 2.29. The Labute approximate surface area is 106 Å². The van der Waals surface area contributed by atoms with Crippen molar-refractivity contribution in [3.8, 4) is 0 Å². The molecule has 0 saturated carbocycles. The van der Waals surface area contributed by atoms with Crippen molar-refractivity contribution in [2.45, 2.75) is 24.2 Å². The average molecular weight is 251 g/mol. The van der Waals surface area contributed by atoms with Gasteiger partial charge in [0.2, 0.25) is 0 Å². The number of esters is 1. The first-order valence-corrected chi connectivity index (χ1v) is 6.83. The molecule has 1 aromatic rings. The van der Waals surface area contributed by atoms with Crippen LogP contribution in [0.4, 0.5) is 5.69 Å². The molecule has 0 radical (unpaired) electrons. The summed E-state index contributed by atoms with van der Waals surface area (Å²) in [5.41, 5.74) is 2.18. The lowest BCUT2D eigenvalue weighted by Crippen LogP contribution is -2.15. The van der Waals surface area contributed by atoms with Gasteiger partial charge >= 0.3 is 5.97 Å². The second kappa shape index (κ2) is 5.45. The van der Waals surface area contributed by atoms with Crippen LogP contribution < -0.4 is 5.32 Å². The zero-order valence-electron chi connectivity index (χ0n) is 10.2. The minimum atomic E-state index is -0.157. The quantitative estimate of drug-likeness (QED) is 0.838. The third kappa shape index (κ3) is 2.57. The lowest BCUT2D eigenvalue weighted by Gasteiger charge is -2.20. The van der Waals surface area contributed by atoms with E-state index >= 15 is 0 Å². The Morgan fingerprint density at radius 3 is 3.12 bits per heavy atom. The van der Waals surface area contributed by atoms with Gasteiger partial charge in [-0.25, -0.2) is 0 Å². The molecule has 1 aliphatic rings. The fraction of sp³-hybridized carbons (Fsp3) is 0.462. The summed E-state index contributed by atoms with van der Waals surface area (Å²) in [5, 5.41) is 3.37. The van der Waals surface area contributed by atoms with Gasteiger partial charge in [0.1, 0.15) is 0 Å². The maximum atomic E-state index is 11.7. The fourth-order valence-corrected chi connectivity index (χ4v) is 2.93. The number of anilines is 1. The summed E-state index contributed by atoms with van der Waals surface area (Å²) in [4.78, 5) is 12.9. The van der Waals surface area contributed by atoms with Gasteiger partial charge in [0.25, 0.3) is 0 Å². The highest BCUT2D eigenvalue weighted by Gasteiger charge is 2.21. The second-order valence-corrected chi connectivity index (χ2v) is 5.15. The van der Waals surface area contributed by atoms with Crippen molar-refractivity contribution in [1.82, 2.24) is 0 Å². The van der Waals surface area contributed by atoms with Crippen LogP contribution in [0.15, 0.2) is 23.1 Å². The Morgan fingerprint density at radius 2 is 2.41 bits per heavy atom. The van der Waals surface area contributed by atoms with E-state index in [1.54, 1.807) is 0 Å². The maximum Gasteiger partial charge on any atom is 0.313 e. The van der Waals surface area contributed by atoms with Gasteiger partial charge < -0.3 is 10.1 Å². The number of nitrogens with one attached hydrogen (secondary N) is 1. The van der Waals surface area contributed by atoms with Gasteiger partial charge in [-0.05, 0) is 24.1 Å². The van der Waals surface area contributed by atoms with Crippen LogP contribution in [0.2, 0.25) is 0 Å². The minimum absolute atomic E-state index is 0.154.